The van der Waals surface area contributed by atoms with Gasteiger partial charge >= 0.3 is 6.03 Å². The number of hydrogen-bond acceptors (Lipinski definition) is 4. The molecule has 0 spiro atoms. The van der Waals surface area contributed by atoms with E-state index in [4.69, 9.17) is 0 Å². The minimum Gasteiger partial charge on any atom is -0.337 e. The molecular formula is C32H65N3OS2. The second-order valence-electron chi connectivity index (χ2n) is 11.4. The van der Waals surface area contributed by atoms with Crippen LogP contribution in [-0.2, 0) is 0 Å². The molecule has 4 nitrogen and oxygen atoms in total. The molecule has 0 saturated carbocycles. The van der Waals surface area contributed by atoms with E-state index in [-0.39, 0.29) is 6.03 Å². The highest BCUT2D eigenvalue weighted by atomic mass is 32.2. The molecule has 1 rings (SSSR count). The van der Waals surface area contributed by atoms with E-state index in [1.54, 1.807) is 0 Å². The number of rotatable bonds is 28. The summed E-state index contributed by atoms with van der Waals surface area (Å²) in [6.45, 7) is 9.50. The Labute approximate surface area is 246 Å². The van der Waals surface area contributed by atoms with Crippen molar-refractivity contribution >= 4 is 29.6 Å². The lowest BCUT2D eigenvalue weighted by molar-refractivity contribution is 0.238. The van der Waals surface area contributed by atoms with Crippen LogP contribution in [0.1, 0.15) is 142 Å². The molecule has 0 aromatic carbocycles. The van der Waals surface area contributed by atoms with E-state index in [2.05, 4.69) is 52.9 Å². The summed E-state index contributed by atoms with van der Waals surface area (Å²) in [6.07, 6.45) is 27.7. The fraction of sp³-hybridized carbons (Fsp3) is 0.969. The zero-order valence-electron chi connectivity index (χ0n) is 25.5. The third-order valence-corrected chi connectivity index (χ3v) is 10.5. The molecule has 0 aromatic heterocycles. The van der Waals surface area contributed by atoms with Crippen molar-refractivity contribution in [2.45, 2.75) is 148 Å². The van der Waals surface area contributed by atoms with Gasteiger partial charge in [-0.15, -0.1) is 0 Å². The van der Waals surface area contributed by atoms with Crippen LogP contribution in [0.15, 0.2) is 0 Å². The van der Waals surface area contributed by atoms with Gasteiger partial charge in [-0.2, -0.15) is 23.5 Å². The number of unbranched alkanes of at least 4 members (excludes halogenated alkanes) is 16. The number of amides is 2. The first kappa shape index (κ1) is 36.0. The van der Waals surface area contributed by atoms with E-state index >= 15 is 0 Å². The Bertz CT molecular complexity index is 503. The van der Waals surface area contributed by atoms with Gasteiger partial charge in [-0.25, -0.2) is 4.79 Å². The molecule has 0 radical (unpaired) electrons. The first-order valence-corrected chi connectivity index (χ1v) is 18.9. The molecule has 1 unspecified atom stereocenters. The predicted molar refractivity (Wildman–Crippen MR) is 175 cm³/mol. The summed E-state index contributed by atoms with van der Waals surface area (Å²) in [4.78, 5) is 14.8. The highest BCUT2D eigenvalue weighted by Gasteiger charge is 2.13. The molecule has 1 aliphatic heterocycles. The van der Waals surface area contributed by atoms with Crippen LogP contribution in [0.3, 0.4) is 0 Å². The molecule has 1 heterocycles. The number of carbonyl (C=O) groups is 1. The van der Waals surface area contributed by atoms with Gasteiger partial charge in [-0.1, -0.05) is 117 Å². The lowest BCUT2D eigenvalue weighted by atomic mass is 10.1. The van der Waals surface area contributed by atoms with Gasteiger partial charge < -0.3 is 15.5 Å². The number of nitrogens with zero attached hydrogens (tertiary/aromatic N) is 1. The van der Waals surface area contributed by atoms with Crippen LogP contribution in [0.25, 0.3) is 0 Å². The first-order valence-electron chi connectivity index (χ1n) is 16.7. The van der Waals surface area contributed by atoms with Crippen LogP contribution in [0.2, 0.25) is 0 Å². The number of thioether (sulfide) groups is 2. The van der Waals surface area contributed by atoms with Gasteiger partial charge in [0, 0.05) is 30.6 Å². The lowest BCUT2D eigenvalue weighted by Crippen LogP contribution is -2.42. The van der Waals surface area contributed by atoms with Crippen LogP contribution in [0.5, 0.6) is 0 Å². The van der Waals surface area contributed by atoms with Crippen LogP contribution in [0, 0.1) is 0 Å². The molecule has 0 bridgehead atoms. The molecule has 6 heteroatoms. The van der Waals surface area contributed by atoms with E-state index in [1.807, 2.05) is 0 Å². The van der Waals surface area contributed by atoms with Crippen molar-refractivity contribution < 1.29 is 4.79 Å². The van der Waals surface area contributed by atoms with E-state index in [1.165, 1.54) is 153 Å². The normalized spacial score (nSPS) is 14.7. The van der Waals surface area contributed by atoms with Crippen molar-refractivity contribution in [2.75, 3.05) is 50.0 Å². The minimum atomic E-state index is 0.0156. The zero-order chi connectivity index (χ0) is 27.4. The smallest absolute Gasteiger partial charge is 0.314 e. The summed E-state index contributed by atoms with van der Waals surface area (Å²) in [7, 11) is 0. The molecule has 1 fully saturated rings. The Morgan fingerprint density at radius 1 is 0.684 bits per heavy atom. The zero-order valence-corrected chi connectivity index (χ0v) is 27.2. The molecule has 38 heavy (non-hydrogen) atoms. The predicted octanol–water partition coefficient (Wildman–Crippen LogP) is 9.28. The molecule has 1 atom stereocenters. The summed E-state index contributed by atoms with van der Waals surface area (Å²) in [6, 6.07) is 0.0156. The number of likely N-dealkylation sites (tertiary alicyclic amines) is 1. The Balaban J connectivity index is 2.14. The van der Waals surface area contributed by atoms with Crippen LogP contribution < -0.4 is 10.6 Å². The second-order valence-corrected chi connectivity index (χ2v) is 14.0. The van der Waals surface area contributed by atoms with Crippen LogP contribution in [0.4, 0.5) is 4.79 Å². The maximum atomic E-state index is 12.4. The topological polar surface area (TPSA) is 44.4 Å². The number of hydrogen-bond donors (Lipinski definition) is 2. The SMILES string of the molecule is CCCCCCCCCCCSCC(CNC(=O)NCCN1CCCC1)SCCCCCCCCCCC. The second kappa shape index (κ2) is 28.5. The van der Waals surface area contributed by atoms with Crippen molar-refractivity contribution in [2.24, 2.45) is 0 Å². The fourth-order valence-corrected chi connectivity index (χ4v) is 7.70. The maximum absolute atomic E-state index is 12.4. The third-order valence-electron chi connectivity index (χ3n) is 7.70. The molecule has 1 aliphatic rings. The van der Waals surface area contributed by atoms with Gasteiger partial charge in [0.15, 0.2) is 0 Å². The van der Waals surface area contributed by atoms with Crippen LogP contribution >= 0.6 is 23.5 Å². The fourth-order valence-electron chi connectivity index (χ4n) is 5.16. The van der Waals surface area contributed by atoms with Crippen molar-refractivity contribution in [3.05, 3.63) is 0 Å². The van der Waals surface area contributed by atoms with Gasteiger partial charge in [0.25, 0.3) is 0 Å². The first-order chi connectivity index (χ1) is 18.8. The molecular weight excluding hydrogens is 507 g/mol. The Hall–Kier alpha value is -0.0700. The number of carbonyl (C=O) groups excluding carboxylic acids is 1. The molecule has 226 valence electrons. The molecule has 0 aromatic rings. The summed E-state index contributed by atoms with van der Waals surface area (Å²) in [5.41, 5.74) is 0. The van der Waals surface area contributed by atoms with Crippen molar-refractivity contribution in [1.82, 2.24) is 15.5 Å². The maximum Gasteiger partial charge on any atom is 0.314 e. The number of nitrogens with one attached hydrogen (secondary N) is 2. The molecule has 2 amide bonds. The summed E-state index contributed by atoms with van der Waals surface area (Å²) in [5, 5.41) is 6.78. The molecule has 0 aliphatic carbocycles. The van der Waals surface area contributed by atoms with Gasteiger partial charge in [-0.05, 0) is 50.3 Å². The van der Waals surface area contributed by atoms with E-state index < -0.39 is 0 Å². The molecule has 1 saturated heterocycles. The Morgan fingerprint density at radius 3 is 1.74 bits per heavy atom. The largest absolute Gasteiger partial charge is 0.337 e. The van der Waals surface area contributed by atoms with Gasteiger partial charge in [0.1, 0.15) is 0 Å². The standard InChI is InChI=1S/C32H65N3OS2/c1-3-5-7-9-11-13-15-17-21-27-37-30-31(38-28-22-18-16-14-12-10-8-6-4-2)29-34-32(36)33-23-26-35-24-19-20-25-35/h31H,3-30H2,1-2H3,(H2,33,34,36). The van der Waals surface area contributed by atoms with Crippen molar-refractivity contribution in [3.8, 4) is 0 Å². The summed E-state index contributed by atoms with van der Waals surface area (Å²) < 4.78 is 0. The highest BCUT2D eigenvalue weighted by molar-refractivity contribution is 8.03. The lowest BCUT2D eigenvalue weighted by Gasteiger charge is -2.18. The highest BCUT2D eigenvalue weighted by Crippen LogP contribution is 2.20. The van der Waals surface area contributed by atoms with Gasteiger partial charge in [-0.3, -0.25) is 0 Å². The summed E-state index contributed by atoms with van der Waals surface area (Å²) >= 11 is 4.20. The quantitative estimate of drug-likeness (QED) is 0.0919. The minimum absolute atomic E-state index is 0.0156. The molecule has 2 N–H and O–H groups in total. The Morgan fingerprint density at radius 2 is 1.18 bits per heavy atom. The van der Waals surface area contributed by atoms with Crippen molar-refractivity contribution in [1.29, 1.82) is 0 Å². The average Bonchev–Trinajstić information content (AvgIpc) is 3.44. The monoisotopic (exact) mass is 571 g/mol. The van der Waals surface area contributed by atoms with Crippen LogP contribution in [-0.4, -0.2) is 66.2 Å². The van der Waals surface area contributed by atoms with Gasteiger partial charge in [0.05, 0.1) is 0 Å². The third kappa shape index (κ3) is 23.8. The van der Waals surface area contributed by atoms with E-state index in [0.717, 1.165) is 25.4 Å². The number of urea groups is 1. The Kier molecular flexibility index (Phi) is 26.9. The van der Waals surface area contributed by atoms with E-state index in [0.29, 0.717) is 5.25 Å². The van der Waals surface area contributed by atoms with Crippen molar-refractivity contribution in [3.63, 3.8) is 0 Å². The van der Waals surface area contributed by atoms with Gasteiger partial charge in [0.2, 0.25) is 0 Å². The summed E-state index contributed by atoms with van der Waals surface area (Å²) in [5.74, 6) is 3.66. The van der Waals surface area contributed by atoms with E-state index in [9.17, 15) is 4.79 Å². The average molecular weight is 572 g/mol.